The van der Waals surface area contributed by atoms with Crippen LogP contribution in [0.4, 0.5) is 5.82 Å². The quantitative estimate of drug-likeness (QED) is 0.809. The number of halogens is 1. The first-order valence-corrected chi connectivity index (χ1v) is 7.44. The minimum atomic E-state index is 0.0430. The van der Waals surface area contributed by atoms with Crippen molar-refractivity contribution in [3.05, 3.63) is 22.8 Å². The highest BCUT2D eigenvalue weighted by Crippen LogP contribution is 2.21. The molecule has 0 radical (unpaired) electrons. The summed E-state index contributed by atoms with van der Waals surface area (Å²) in [6.45, 7) is 5.40. The fraction of sp³-hybridized carbons (Fsp3) is 0.500. The smallest absolute Gasteiger partial charge is 0.229 e. The van der Waals surface area contributed by atoms with Gasteiger partial charge in [0, 0.05) is 18.8 Å². The fourth-order valence-electron chi connectivity index (χ4n) is 1.35. The summed E-state index contributed by atoms with van der Waals surface area (Å²) in [5.41, 5.74) is 0.810. The molecule has 1 rings (SSSR count). The highest BCUT2D eigenvalue weighted by atomic mass is 35.5. The fourth-order valence-corrected chi connectivity index (χ4v) is 2.41. The molecular formula is C12H18ClN3OS. The second-order valence-corrected chi connectivity index (χ2v) is 4.99. The number of aromatic nitrogens is 1. The molecule has 0 aliphatic carbocycles. The van der Waals surface area contributed by atoms with Gasteiger partial charge in [0.15, 0.2) is 0 Å². The highest BCUT2D eigenvalue weighted by Gasteiger charge is 2.06. The second kappa shape index (κ2) is 8.21. The van der Waals surface area contributed by atoms with Crippen LogP contribution in [-0.4, -0.2) is 29.7 Å². The van der Waals surface area contributed by atoms with E-state index in [4.69, 9.17) is 11.6 Å². The van der Waals surface area contributed by atoms with Gasteiger partial charge in [-0.05, 0) is 26.0 Å². The van der Waals surface area contributed by atoms with Gasteiger partial charge in [0.1, 0.15) is 5.82 Å². The lowest BCUT2D eigenvalue weighted by molar-refractivity contribution is -0.118. The summed E-state index contributed by atoms with van der Waals surface area (Å²) in [5, 5.41) is 6.53. The molecule has 0 atom stereocenters. The Morgan fingerprint density at radius 2 is 2.17 bits per heavy atom. The summed E-state index contributed by atoms with van der Waals surface area (Å²) in [6, 6.07) is 3.68. The molecule has 0 aromatic carbocycles. The van der Waals surface area contributed by atoms with Crippen molar-refractivity contribution in [2.45, 2.75) is 19.6 Å². The molecule has 0 bridgehead atoms. The Morgan fingerprint density at radius 1 is 1.39 bits per heavy atom. The van der Waals surface area contributed by atoms with Gasteiger partial charge in [-0.25, -0.2) is 4.98 Å². The number of nitrogens with one attached hydrogen (secondary N) is 2. The third-order valence-electron chi connectivity index (χ3n) is 2.12. The van der Waals surface area contributed by atoms with Crippen molar-refractivity contribution >= 4 is 35.1 Å². The van der Waals surface area contributed by atoms with E-state index in [2.05, 4.69) is 15.6 Å². The number of hydrogen-bond acceptors (Lipinski definition) is 4. The molecule has 100 valence electrons. The molecule has 1 amide bonds. The Labute approximate surface area is 117 Å². The van der Waals surface area contributed by atoms with Gasteiger partial charge in [-0.1, -0.05) is 11.6 Å². The molecule has 1 heterocycles. The maximum Gasteiger partial charge on any atom is 0.229 e. The van der Waals surface area contributed by atoms with Crippen molar-refractivity contribution < 1.29 is 4.79 Å². The molecule has 0 unspecified atom stereocenters. The van der Waals surface area contributed by atoms with Crippen LogP contribution < -0.4 is 10.6 Å². The Balaban J connectivity index is 2.50. The van der Waals surface area contributed by atoms with Gasteiger partial charge >= 0.3 is 0 Å². The third kappa shape index (κ3) is 5.14. The predicted molar refractivity (Wildman–Crippen MR) is 78.3 cm³/mol. The molecule has 0 saturated heterocycles. The van der Waals surface area contributed by atoms with Crippen LogP contribution >= 0.6 is 23.4 Å². The third-order valence-corrected chi connectivity index (χ3v) is 3.41. The first-order chi connectivity index (χ1) is 8.67. The number of carbonyl (C=O) groups excluding carboxylic acids is 1. The normalized spacial score (nSPS) is 10.2. The van der Waals surface area contributed by atoms with Crippen molar-refractivity contribution in [1.29, 1.82) is 0 Å². The van der Waals surface area contributed by atoms with Gasteiger partial charge in [0.2, 0.25) is 5.91 Å². The zero-order valence-electron chi connectivity index (χ0n) is 10.6. The van der Waals surface area contributed by atoms with E-state index in [-0.39, 0.29) is 5.91 Å². The van der Waals surface area contributed by atoms with Crippen LogP contribution in [0.1, 0.15) is 19.5 Å². The number of thioether (sulfide) groups is 1. The summed E-state index contributed by atoms with van der Waals surface area (Å²) in [7, 11) is 0. The van der Waals surface area contributed by atoms with Gasteiger partial charge in [-0.15, -0.1) is 11.8 Å². The van der Waals surface area contributed by atoms with E-state index in [1.165, 1.54) is 11.8 Å². The number of nitrogens with zero attached hydrogens (tertiary/aromatic N) is 1. The minimum Gasteiger partial charge on any atom is -0.370 e. The number of anilines is 1. The SMILES string of the molecule is CCNC(=O)CSCc1nc(NCC)ccc1Cl. The van der Waals surface area contributed by atoms with E-state index < -0.39 is 0 Å². The number of amides is 1. The van der Waals surface area contributed by atoms with Crippen LogP contribution in [0, 0.1) is 0 Å². The monoisotopic (exact) mass is 287 g/mol. The molecule has 1 aromatic heterocycles. The van der Waals surface area contributed by atoms with Crippen molar-refractivity contribution in [2.75, 3.05) is 24.2 Å². The summed E-state index contributed by atoms with van der Waals surface area (Å²) in [5.74, 6) is 1.92. The Bertz CT molecular complexity index is 401. The largest absolute Gasteiger partial charge is 0.370 e. The average molecular weight is 288 g/mol. The molecule has 0 saturated carbocycles. The zero-order chi connectivity index (χ0) is 13.4. The van der Waals surface area contributed by atoms with Crippen LogP contribution in [0.25, 0.3) is 0 Å². The predicted octanol–water partition coefficient (Wildman–Crippen LogP) is 2.54. The molecule has 0 fully saturated rings. The van der Waals surface area contributed by atoms with E-state index >= 15 is 0 Å². The van der Waals surface area contributed by atoms with Gasteiger partial charge in [0.25, 0.3) is 0 Å². The lowest BCUT2D eigenvalue weighted by Gasteiger charge is -2.07. The van der Waals surface area contributed by atoms with Gasteiger partial charge < -0.3 is 10.6 Å². The molecule has 4 nitrogen and oxygen atoms in total. The minimum absolute atomic E-state index is 0.0430. The van der Waals surface area contributed by atoms with E-state index in [0.717, 1.165) is 18.1 Å². The first kappa shape index (κ1) is 15.1. The summed E-state index contributed by atoms with van der Waals surface area (Å²) in [6.07, 6.45) is 0. The van der Waals surface area contributed by atoms with Gasteiger partial charge in [-0.3, -0.25) is 4.79 Å². The molecule has 2 N–H and O–H groups in total. The van der Waals surface area contributed by atoms with Gasteiger partial charge in [0.05, 0.1) is 16.5 Å². The summed E-state index contributed by atoms with van der Waals surface area (Å²) < 4.78 is 0. The summed E-state index contributed by atoms with van der Waals surface area (Å²) in [4.78, 5) is 15.7. The topological polar surface area (TPSA) is 54.0 Å². The van der Waals surface area contributed by atoms with Crippen molar-refractivity contribution in [2.24, 2.45) is 0 Å². The van der Waals surface area contributed by atoms with Crippen LogP contribution in [0.2, 0.25) is 5.02 Å². The Kier molecular flexibility index (Phi) is 6.90. The standard InChI is InChI=1S/C12H18ClN3OS/c1-3-14-11-6-5-9(13)10(16-11)7-18-8-12(17)15-4-2/h5-6H,3-4,7-8H2,1-2H3,(H,14,16)(H,15,17). The summed E-state index contributed by atoms with van der Waals surface area (Å²) >= 11 is 7.58. The second-order valence-electron chi connectivity index (χ2n) is 3.60. The van der Waals surface area contributed by atoms with Crippen molar-refractivity contribution in [3.8, 4) is 0 Å². The van der Waals surface area contributed by atoms with Crippen LogP contribution in [0.5, 0.6) is 0 Å². The van der Waals surface area contributed by atoms with E-state index in [9.17, 15) is 4.79 Å². The molecule has 1 aromatic rings. The molecule has 6 heteroatoms. The van der Waals surface area contributed by atoms with Gasteiger partial charge in [-0.2, -0.15) is 0 Å². The van der Waals surface area contributed by atoms with E-state index in [1.807, 2.05) is 26.0 Å². The zero-order valence-corrected chi connectivity index (χ0v) is 12.2. The van der Waals surface area contributed by atoms with E-state index in [0.29, 0.717) is 23.1 Å². The van der Waals surface area contributed by atoms with Crippen LogP contribution in [-0.2, 0) is 10.5 Å². The van der Waals surface area contributed by atoms with E-state index in [1.54, 1.807) is 0 Å². The first-order valence-electron chi connectivity index (χ1n) is 5.91. The van der Waals surface area contributed by atoms with Crippen LogP contribution in [0.3, 0.4) is 0 Å². The Hall–Kier alpha value is -0.940. The Morgan fingerprint density at radius 3 is 2.83 bits per heavy atom. The molecular weight excluding hydrogens is 270 g/mol. The number of hydrogen-bond donors (Lipinski definition) is 2. The van der Waals surface area contributed by atoms with Crippen molar-refractivity contribution in [3.63, 3.8) is 0 Å². The molecule has 0 aliphatic heterocycles. The lowest BCUT2D eigenvalue weighted by atomic mass is 10.3. The molecule has 0 spiro atoms. The highest BCUT2D eigenvalue weighted by molar-refractivity contribution is 7.99. The average Bonchev–Trinajstić information content (AvgIpc) is 2.34. The number of pyridine rings is 1. The lowest BCUT2D eigenvalue weighted by Crippen LogP contribution is -2.24. The van der Waals surface area contributed by atoms with Crippen molar-refractivity contribution in [1.82, 2.24) is 10.3 Å². The molecule has 0 aliphatic rings. The maximum atomic E-state index is 11.3. The van der Waals surface area contributed by atoms with Crippen LogP contribution in [0.15, 0.2) is 12.1 Å². The number of carbonyl (C=O) groups is 1. The maximum absolute atomic E-state index is 11.3. The molecule has 18 heavy (non-hydrogen) atoms. The number of rotatable bonds is 7.